The zero-order valence-corrected chi connectivity index (χ0v) is 16.3. The second-order valence-electron chi connectivity index (χ2n) is 7.07. The summed E-state index contributed by atoms with van der Waals surface area (Å²) >= 11 is 0. The topological polar surface area (TPSA) is 82.3 Å². The van der Waals surface area contributed by atoms with Gasteiger partial charge in [-0.2, -0.15) is 0 Å². The minimum atomic E-state index is -0.281. The molecule has 148 valence electrons. The maximum Gasteiger partial charge on any atom is 0.323 e. The third kappa shape index (κ3) is 5.57. The highest BCUT2D eigenvalue weighted by Crippen LogP contribution is 2.28. The van der Waals surface area contributed by atoms with E-state index in [2.05, 4.69) is 27.3 Å². The monoisotopic (exact) mass is 380 g/mol. The van der Waals surface area contributed by atoms with Gasteiger partial charge in [-0.25, -0.2) is 4.79 Å². The van der Waals surface area contributed by atoms with Crippen molar-refractivity contribution in [3.8, 4) is 0 Å². The number of urea groups is 1. The molecular weight excluding hydrogens is 352 g/mol. The van der Waals surface area contributed by atoms with Gasteiger partial charge in [0.1, 0.15) is 0 Å². The summed E-state index contributed by atoms with van der Waals surface area (Å²) in [5.74, 6) is -0.0345. The van der Waals surface area contributed by atoms with Crippen LogP contribution in [0.3, 0.4) is 0 Å². The lowest BCUT2D eigenvalue weighted by molar-refractivity contribution is -0.116. The fraction of sp³-hybridized carbons (Fsp3) is 0.364. The lowest BCUT2D eigenvalue weighted by Gasteiger charge is -2.19. The molecule has 1 aliphatic carbocycles. The summed E-state index contributed by atoms with van der Waals surface area (Å²) in [5, 5.41) is 11.7. The molecule has 3 rings (SSSR count). The van der Waals surface area contributed by atoms with Crippen molar-refractivity contribution in [2.75, 3.05) is 29.5 Å². The standard InChI is InChI=1S/C22H28N4O2/c1-23-14-6-13-21(27)24-17-9-5-10-18(15-17)25-22(28)26-20-12-4-8-16-7-2-3-11-19(16)20/h4-5,8-10,12,15,23H,2-3,6-7,11,13-14H2,1H3,(H,24,27)(H2,25,26,28). The molecule has 0 aliphatic heterocycles. The predicted molar refractivity (Wildman–Crippen MR) is 114 cm³/mol. The number of anilines is 3. The Morgan fingerprint density at radius 1 is 0.929 bits per heavy atom. The van der Waals surface area contributed by atoms with Crippen LogP contribution in [0.2, 0.25) is 0 Å². The highest BCUT2D eigenvalue weighted by atomic mass is 16.2. The Bertz CT molecular complexity index is 835. The average molecular weight is 380 g/mol. The number of amides is 3. The largest absolute Gasteiger partial charge is 0.326 e. The number of benzene rings is 2. The molecule has 0 radical (unpaired) electrons. The van der Waals surface area contributed by atoms with Crippen molar-refractivity contribution in [3.63, 3.8) is 0 Å². The first kappa shape index (κ1) is 19.9. The number of carbonyl (C=O) groups excluding carboxylic acids is 2. The number of aryl methyl sites for hydroxylation is 1. The van der Waals surface area contributed by atoms with Gasteiger partial charge in [-0.15, -0.1) is 0 Å². The van der Waals surface area contributed by atoms with Crippen LogP contribution in [0.4, 0.5) is 21.9 Å². The molecule has 0 atom stereocenters. The van der Waals surface area contributed by atoms with Crippen molar-refractivity contribution in [2.45, 2.75) is 38.5 Å². The first-order valence-electron chi connectivity index (χ1n) is 9.89. The Hall–Kier alpha value is -2.86. The van der Waals surface area contributed by atoms with E-state index in [-0.39, 0.29) is 11.9 Å². The Morgan fingerprint density at radius 2 is 1.68 bits per heavy atom. The summed E-state index contributed by atoms with van der Waals surface area (Å²) in [7, 11) is 1.86. The van der Waals surface area contributed by atoms with E-state index in [1.54, 1.807) is 12.1 Å². The molecule has 6 nitrogen and oxygen atoms in total. The second kappa shape index (κ2) is 9.90. The Kier molecular flexibility index (Phi) is 7.03. The SMILES string of the molecule is CNCCCC(=O)Nc1cccc(NC(=O)Nc2cccc3c2CCCC3)c1. The number of carbonyl (C=O) groups is 2. The van der Waals surface area contributed by atoms with Crippen LogP contribution < -0.4 is 21.3 Å². The Balaban J connectivity index is 1.58. The van der Waals surface area contributed by atoms with Crippen LogP contribution in [-0.2, 0) is 17.6 Å². The van der Waals surface area contributed by atoms with Gasteiger partial charge < -0.3 is 21.3 Å². The van der Waals surface area contributed by atoms with Crippen LogP contribution in [0.15, 0.2) is 42.5 Å². The number of hydrogen-bond donors (Lipinski definition) is 4. The van der Waals surface area contributed by atoms with Crippen LogP contribution in [-0.4, -0.2) is 25.5 Å². The minimum absolute atomic E-state index is 0.0345. The summed E-state index contributed by atoms with van der Waals surface area (Å²) < 4.78 is 0. The van der Waals surface area contributed by atoms with Crippen LogP contribution in [0.5, 0.6) is 0 Å². The first-order valence-corrected chi connectivity index (χ1v) is 9.89. The fourth-order valence-electron chi connectivity index (χ4n) is 3.51. The summed E-state index contributed by atoms with van der Waals surface area (Å²) in [4.78, 5) is 24.4. The third-order valence-electron chi connectivity index (χ3n) is 4.88. The molecule has 2 aromatic rings. The van der Waals surface area contributed by atoms with Gasteiger partial charge in [0.2, 0.25) is 5.91 Å². The molecule has 2 aromatic carbocycles. The molecule has 6 heteroatoms. The van der Waals surface area contributed by atoms with Gasteiger partial charge >= 0.3 is 6.03 Å². The molecule has 0 bridgehead atoms. The normalized spacial score (nSPS) is 12.8. The molecule has 0 fully saturated rings. The van der Waals surface area contributed by atoms with E-state index in [1.807, 2.05) is 31.3 Å². The predicted octanol–water partition coefficient (Wildman–Crippen LogP) is 4.15. The second-order valence-corrected chi connectivity index (χ2v) is 7.07. The molecule has 0 aromatic heterocycles. The van der Waals surface area contributed by atoms with Gasteiger partial charge in [0.05, 0.1) is 0 Å². The smallest absolute Gasteiger partial charge is 0.323 e. The molecule has 0 unspecified atom stereocenters. The van der Waals surface area contributed by atoms with Gasteiger partial charge in [-0.05, 0) is 81.1 Å². The van der Waals surface area contributed by atoms with Crippen LogP contribution in [0, 0.1) is 0 Å². The molecular formula is C22H28N4O2. The van der Waals surface area contributed by atoms with E-state index < -0.39 is 0 Å². The van der Waals surface area contributed by atoms with E-state index >= 15 is 0 Å². The van der Waals surface area contributed by atoms with Crippen molar-refractivity contribution in [1.82, 2.24) is 5.32 Å². The first-order chi connectivity index (χ1) is 13.7. The highest BCUT2D eigenvalue weighted by molar-refractivity contribution is 6.01. The molecule has 3 amide bonds. The average Bonchev–Trinajstić information content (AvgIpc) is 2.69. The lowest BCUT2D eigenvalue weighted by Crippen LogP contribution is -2.21. The number of rotatable bonds is 7. The minimum Gasteiger partial charge on any atom is -0.326 e. The molecule has 28 heavy (non-hydrogen) atoms. The summed E-state index contributed by atoms with van der Waals surface area (Å²) in [6.07, 6.45) is 5.67. The zero-order valence-electron chi connectivity index (χ0n) is 16.3. The van der Waals surface area contributed by atoms with Gasteiger partial charge in [0, 0.05) is 23.5 Å². The van der Waals surface area contributed by atoms with Gasteiger partial charge in [-0.1, -0.05) is 18.2 Å². The van der Waals surface area contributed by atoms with E-state index in [0.717, 1.165) is 37.9 Å². The van der Waals surface area contributed by atoms with Crippen molar-refractivity contribution in [3.05, 3.63) is 53.6 Å². The van der Waals surface area contributed by atoms with Crippen molar-refractivity contribution in [1.29, 1.82) is 0 Å². The van der Waals surface area contributed by atoms with E-state index in [9.17, 15) is 9.59 Å². The van der Waals surface area contributed by atoms with Crippen molar-refractivity contribution >= 4 is 29.0 Å². The summed E-state index contributed by atoms with van der Waals surface area (Å²) in [6.45, 7) is 0.804. The highest BCUT2D eigenvalue weighted by Gasteiger charge is 2.14. The Morgan fingerprint density at radius 3 is 2.50 bits per heavy atom. The summed E-state index contributed by atoms with van der Waals surface area (Å²) in [5.41, 5.74) is 4.75. The van der Waals surface area contributed by atoms with Gasteiger partial charge in [0.15, 0.2) is 0 Å². The molecule has 0 spiro atoms. The Labute approximate surface area is 166 Å². The van der Waals surface area contributed by atoms with Crippen LogP contribution in [0.25, 0.3) is 0 Å². The summed E-state index contributed by atoms with van der Waals surface area (Å²) in [6, 6.07) is 13.0. The number of hydrogen-bond acceptors (Lipinski definition) is 3. The maximum atomic E-state index is 12.5. The number of fused-ring (bicyclic) bond motifs is 1. The van der Waals surface area contributed by atoms with Crippen molar-refractivity contribution in [2.24, 2.45) is 0 Å². The fourth-order valence-corrected chi connectivity index (χ4v) is 3.51. The van der Waals surface area contributed by atoms with E-state index in [0.29, 0.717) is 17.8 Å². The van der Waals surface area contributed by atoms with E-state index in [1.165, 1.54) is 17.5 Å². The maximum absolute atomic E-state index is 12.5. The van der Waals surface area contributed by atoms with Crippen LogP contribution in [0.1, 0.15) is 36.8 Å². The van der Waals surface area contributed by atoms with Crippen LogP contribution >= 0.6 is 0 Å². The van der Waals surface area contributed by atoms with Crippen molar-refractivity contribution < 1.29 is 9.59 Å². The quantitative estimate of drug-likeness (QED) is 0.545. The van der Waals surface area contributed by atoms with Gasteiger partial charge in [-0.3, -0.25) is 4.79 Å². The molecule has 0 saturated heterocycles. The zero-order chi connectivity index (χ0) is 19.8. The van der Waals surface area contributed by atoms with Gasteiger partial charge in [0.25, 0.3) is 0 Å². The molecule has 0 heterocycles. The molecule has 0 saturated carbocycles. The molecule has 1 aliphatic rings. The number of nitrogens with one attached hydrogen (secondary N) is 4. The van der Waals surface area contributed by atoms with E-state index in [4.69, 9.17) is 0 Å². The third-order valence-corrected chi connectivity index (χ3v) is 4.88. The molecule has 4 N–H and O–H groups in total. The lowest BCUT2D eigenvalue weighted by atomic mass is 9.90.